The standard InChI is InChI=1S/C16H34N4/c1-18(2)9-10-20-13-11-19(12-14-20)8-4-6-16-5-3-7-17-15-16/h16-17H,3-15H2,1-2H3. The van der Waals surface area contributed by atoms with Crippen LogP contribution in [-0.4, -0.2) is 87.7 Å². The van der Waals surface area contributed by atoms with Crippen molar-refractivity contribution in [1.29, 1.82) is 0 Å². The van der Waals surface area contributed by atoms with Gasteiger partial charge >= 0.3 is 0 Å². The second-order valence-electron chi connectivity index (χ2n) is 6.84. The van der Waals surface area contributed by atoms with Gasteiger partial charge < -0.3 is 15.1 Å². The van der Waals surface area contributed by atoms with Gasteiger partial charge in [-0.2, -0.15) is 0 Å². The lowest BCUT2D eigenvalue weighted by molar-refractivity contribution is 0.122. The van der Waals surface area contributed by atoms with Gasteiger partial charge in [0.15, 0.2) is 0 Å². The SMILES string of the molecule is CN(C)CCN1CCN(CCCC2CCCNC2)CC1. The highest BCUT2D eigenvalue weighted by atomic mass is 15.3. The van der Waals surface area contributed by atoms with Gasteiger partial charge in [0.1, 0.15) is 0 Å². The van der Waals surface area contributed by atoms with Crippen molar-refractivity contribution in [1.82, 2.24) is 20.0 Å². The summed E-state index contributed by atoms with van der Waals surface area (Å²) < 4.78 is 0. The molecule has 0 radical (unpaired) electrons. The van der Waals surface area contributed by atoms with Crippen molar-refractivity contribution in [3.05, 3.63) is 0 Å². The monoisotopic (exact) mass is 282 g/mol. The minimum atomic E-state index is 0.949. The first kappa shape index (κ1) is 16.2. The molecule has 0 amide bonds. The van der Waals surface area contributed by atoms with Crippen LogP contribution in [0.5, 0.6) is 0 Å². The van der Waals surface area contributed by atoms with Gasteiger partial charge in [-0.1, -0.05) is 0 Å². The number of rotatable bonds is 7. The number of piperidine rings is 1. The Morgan fingerprint density at radius 3 is 2.35 bits per heavy atom. The van der Waals surface area contributed by atoms with Crippen LogP contribution in [0.4, 0.5) is 0 Å². The van der Waals surface area contributed by atoms with E-state index in [1.54, 1.807) is 0 Å². The summed E-state index contributed by atoms with van der Waals surface area (Å²) in [5.41, 5.74) is 0. The van der Waals surface area contributed by atoms with Crippen molar-refractivity contribution < 1.29 is 0 Å². The molecule has 2 heterocycles. The van der Waals surface area contributed by atoms with E-state index < -0.39 is 0 Å². The quantitative estimate of drug-likeness (QED) is 0.750. The summed E-state index contributed by atoms with van der Waals surface area (Å²) in [7, 11) is 4.33. The molecule has 0 aromatic carbocycles. The Labute approximate surface area is 125 Å². The zero-order chi connectivity index (χ0) is 14.2. The van der Waals surface area contributed by atoms with Crippen molar-refractivity contribution in [2.75, 3.05) is 73.0 Å². The van der Waals surface area contributed by atoms with E-state index in [4.69, 9.17) is 0 Å². The number of nitrogens with zero attached hydrogens (tertiary/aromatic N) is 3. The van der Waals surface area contributed by atoms with Crippen LogP contribution >= 0.6 is 0 Å². The molecule has 4 nitrogen and oxygen atoms in total. The minimum absolute atomic E-state index is 0.949. The fourth-order valence-corrected chi connectivity index (χ4v) is 3.35. The van der Waals surface area contributed by atoms with Crippen LogP contribution in [-0.2, 0) is 0 Å². The van der Waals surface area contributed by atoms with Gasteiger partial charge in [-0.05, 0) is 65.3 Å². The second kappa shape index (κ2) is 8.98. The molecule has 0 bridgehead atoms. The first-order chi connectivity index (χ1) is 9.74. The molecule has 118 valence electrons. The maximum atomic E-state index is 3.53. The lowest BCUT2D eigenvalue weighted by Gasteiger charge is -2.35. The topological polar surface area (TPSA) is 21.8 Å². The largest absolute Gasteiger partial charge is 0.316 e. The molecule has 2 saturated heterocycles. The Hall–Kier alpha value is -0.160. The lowest BCUT2D eigenvalue weighted by Crippen LogP contribution is -2.48. The summed E-state index contributed by atoms with van der Waals surface area (Å²) in [6, 6.07) is 0. The molecule has 0 aromatic rings. The van der Waals surface area contributed by atoms with Gasteiger partial charge in [0.25, 0.3) is 0 Å². The molecule has 1 unspecified atom stereocenters. The predicted molar refractivity (Wildman–Crippen MR) is 86.3 cm³/mol. The molecule has 0 aromatic heterocycles. The van der Waals surface area contributed by atoms with Gasteiger partial charge in [0.2, 0.25) is 0 Å². The molecule has 2 rings (SSSR count). The van der Waals surface area contributed by atoms with E-state index in [-0.39, 0.29) is 0 Å². The summed E-state index contributed by atoms with van der Waals surface area (Å²) in [4.78, 5) is 7.56. The van der Waals surface area contributed by atoms with E-state index in [2.05, 4.69) is 34.1 Å². The van der Waals surface area contributed by atoms with Crippen molar-refractivity contribution in [3.8, 4) is 0 Å². The minimum Gasteiger partial charge on any atom is -0.316 e. The first-order valence-electron chi connectivity index (χ1n) is 8.54. The van der Waals surface area contributed by atoms with Crippen LogP contribution in [0.25, 0.3) is 0 Å². The fourth-order valence-electron chi connectivity index (χ4n) is 3.35. The summed E-state index contributed by atoms with van der Waals surface area (Å²) in [5, 5.41) is 3.53. The molecular weight excluding hydrogens is 248 g/mol. The molecule has 20 heavy (non-hydrogen) atoms. The lowest BCUT2D eigenvalue weighted by atomic mass is 9.94. The average Bonchev–Trinajstić information content (AvgIpc) is 2.47. The van der Waals surface area contributed by atoms with E-state index in [0.29, 0.717) is 0 Å². The van der Waals surface area contributed by atoms with E-state index in [1.165, 1.54) is 84.6 Å². The van der Waals surface area contributed by atoms with Gasteiger partial charge in [-0.25, -0.2) is 0 Å². The van der Waals surface area contributed by atoms with Crippen LogP contribution in [0.3, 0.4) is 0 Å². The third kappa shape index (κ3) is 6.08. The van der Waals surface area contributed by atoms with Gasteiger partial charge in [0, 0.05) is 39.3 Å². The number of piperazine rings is 1. The number of hydrogen-bond donors (Lipinski definition) is 1. The average molecular weight is 282 g/mol. The maximum absolute atomic E-state index is 3.53. The van der Waals surface area contributed by atoms with Crippen molar-refractivity contribution in [2.24, 2.45) is 5.92 Å². The van der Waals surface area contributed by atoms with E-state index >= 15 is 0 Å². The molecule has 4 heteroatoms. The second-order valence-corrected chi connectivity index (χ2v) is 6.84. The molecule has 0 saturated carbocycles. The van der Waals surface area contributed by atoms with Crippen LogP contribution in [0.1, 0.15) is 25.7 Å². The van der Waals surface area contributed by atoms with E-state index in [1.807, 2.05) is 0 Å². The number of likely N-dealkylation sites (N-methyl/N-ethyl adjacent to an activating group) is 1. The zero-order valence-electron chi connectivity index (χ0n) is 13.6. The predicted octanol–water partition coefficient (Wildman–Crippen LogP) is 0.945. The van der Waals surface area contributed by atoms with Crippen molar-refractivity contribution in [2.45, 2.75) is 25.7 Å². The molecule has 2 aliphatic heterocycles. The molecule has 2 fully saturated rings. The molecule has 0 spiro atoms. The highest BCUT2D eigenvalue weighted by Gasteiger charge is 2.17. The molecular formula is C16H34N4. The summed E-state index contributed by atoms with van der Waals surface area (Å²) in [6.45, 7) is 11.3. The highest BCUT2D eigenvalue weighted by Crippen LogP contribution is 2.16. The third-order valence-electron chi connectivity index (χ3n) is 4.81. The molecule has 1 atom stereocenters. The van der Waals surface area contributed by atoms with Crippen LogP contribution in [0, 0.1) is 5.92 Å². The Morgan fingerprint density at radius 1 is 1.05 bits per heavy atom. The zero-order valence-corrected chi connectivity index (χ0v) is 13.6. The Bertz CT molecular complexity index is 243. The maximum Gasteiger partial charge on any atom is 0.0110 e. The Balaban J connectivity index is 1.51. The first-order valence-corrected chi connectivity index (χ1v) is 8.54. The summed E-state index contributed by atoms with van der Waals surface area (Å²) >= 11 is 0. The van der Waals surface area contributed by atoms with Gasteiger partial charge in [-0.3, -0.25) is 4.90 Å². The van der Waals surface area contributed by atoms with E-state index in [0.717, 1.165) is 5.92 Å². The summed E-state index contributed by atoms with van der Waals surface area (Å²) in [5.74, 6) is 0.949. The number of hydrogen-bond acceptors (Lipinski definition) is 4. The Kier molecular flexibility index (Phi) is 7.28. The molecule has 2 aliphatic rings. The van der Waals surface area contributed by atoms with Crippen LogP contribution < -0.4 is 5.32 Å². The van der Waals surface area contributed by atoms with Crippen LogP contribution in [0.15, 0.2) is 0 Å². The normalized spacial score (nSPS) is 26.2. The van der Waals surface area contributed by atoms with Gasteiger partial charge in [-0.15, -0.1) is 0 Å². The smallest absolute Gasteiger partial charge is 0.0110 e. The highest BCUT2D eigenvalue weighted by molar-refractivity contribution is 4.74. The van der Waals surface area contributed by atoms with Crippen LogP contribution in [0.2, 0.25) is 0 Å². The molecule has 1 N–H and O–H groups in total. The van der Waals surface area contributed by atoms with E-state index in [9.17, 15) is 0 Å². The third-order valence-corrected chi connectivity index (χ3v) is 4.81. The number of nitrogens with one attached hydrogen (secondary N) is 1. The summed E-state index contributed by atoms with van der Waals surface area (Å²) in [6.07, 6.45) is 5.65. The fraction of sp³-hybridized carbons (Fsp3) is 1.00. The van der Waals surface area contributed by atoms with Gasteiger partial charge in [0.05, 0.1) is 0 Å². The van der Waals surface area contributed by atoms with Crippen molar-refractivity contribution >= 4 is 0 Å². The Morgan fingerprint density at radius 2 is 1.75 bits per heavy atom. The van der Waals surface area contributed by atoms with Crippen molar-refractivity contribution in [3.63, 3.8) is 0 Å². The molecule has 0 aliphatic carbocycles.